The summed E-state index contributed by atoms with van der Waals surface area (Å²) in [5, 5.41) is 1.03. The van der Waals surface area contributed by atoms with Gasteiger partial charge in [-0.2, -0.15) is 0 Å². The number of rotatable bonds is 4. The summed E-state index contributed by atoms with van der Waals surface area (Å²) in [6.07, 6.45) is 0. The second-order valence-corrected chi connectivity index (χ2v) is 5.84. The quantitative estimate of drug-likeness (QED) is 0.836. The van der Waals surface area contributed by atoms with Crippen molar-refractivity contribution in [1.82, 2.24) is 0 Å². The molecule has 0 aromatic heterocycles. The fraction of sp³-hybridized carbons (Fsp3) is 0.200. The van der Waals surface area contributed by atoms with E-state index in [0.29, 0.717) is 6.54 Å². The number of halogens is 1. The molecule has 0 aliphatic carbocycles. The lowest BCUT2D eigenvalue weighted by Gasteiger charge is -2.16. The van der Waals surface area contributed by atoms with Gasteiger partial charge in [0.15, 0.2) is 0 Å². The van der Waals surface area contributed by atoms with Crippen molar-refractivity contribution < 1.29 is 0 Å². The summed E-state index contributed by atoms with van der Waals surface area (Å²) >= 11 is 7.71. The summed E-state index contributed by atoms with van der Waals surface area (Å²) in [6.45, 7) is 2.73. The van der Waals surface area contributed by atoms with Crippen LogP contribution >= 0.6 is 23.4 Å². The largest absolute Gasteiger partial charge is 0.329 e. The van der Waals surface area contributed by atoms with Gasteiger partial charge in [-0.1, -0.05) is 41.9 Å². The van der Waals surface area contributed by atoms with E-state index >= 15 is 0 Å². The van der Waals surface area contributed by atoms with E-state index in [-0.39, 0.29) is 5.25 Å². The molecule has 3 heteroatoms. The maximum Gasteiger partial charge on any atom is 0.0466 e. The Morgan fingerprint density at radius 3 is 2.39 bits per heavy atom. The van der Waals surface area contributed by atoms with Crippen molar-refractivity contribution in [1.29, 1.82) is 0 Å². The highest BCUT2D eigenvalue weighted by molar-refractivity contribution is 7.99. The van der Waals surface area contributed by atoms with Crippen molar-refractivity contribution in [3.63, 3.8) is 0 Å². The molecule has 18 heavy (non-hydrogen) atoms. The Labute approximate surface area is 117 Å². The van der Waals surface area contributed by atoms with E-state index in [9.17, 15) is 0 Å². The molecule has 2 rings (SSSR count). The predicted octanol–water partition coefficient (Wildman–Crippen LogP) is 4.44. The molecule has 0 bridgehead atoms. The SMILES string of the molecule is Cc1ccccc1SC(CN)c1ccc(Cl)cc1. The molecule has 0 amide bonds. The zero-order valence-electron chi connectivity index (χ0n) is 10.3. The molecule has 0 heterocycles. The van der Waals surface area contributed by atoms with Crippen LogP contribution in [0, 0.1) is 6.92 Å². The Morgan fingerprint density at radius 2 is 1.78 bits per heavy atom. The molecule has 0 saturated heterocycles. The van der Waals surface area contributed by atoms with Gasteiger partial charge in [0.05, 0.1) is 0 Å². The molecule has 0 radical (unpaired) electrons. The van der Waals surface area contributed by atoms with Gasteiger partial charge in [0.25, 0.3) is 0 Å². The lowest BCUT2D eigenvalue weighted by atomic mass is 10.1. The van der Waals surface area contributed by atoms with Crippen LogP contribution in [0.4, 0.5) is 0 Å². The van der Waals surface area contributed by atoms with Crippen molar-refractivity contribution >= 4 is 23.4 Å². The van der Waals surface area contributed by atoms with Crippen LogP contribution < -0.4 is 5.73 Å². The lowest BCUT2D eigenvalue weighted by molar-refractivity contribution is 0.940. The van der Waals surface area contributed by atoms with Crippen molar-refractivity contribution in [2.45, 2.75) is 17.1 Å². The molecule has 0 fully saturated rings. The van der Waals surface area contributed by atoms with Gasteiger partial charge in [-0.3, -0.25) is 0 Å². The highest BCUT2D eigenvalue weighted by Crippen LogP contribution is 2.36. The molecular formula is C15H16ClNS. The zero-order valence-corrected chi connectivity index (χ0v) is 11.8. The van der Waals surface area contributed by atoms with E-state index in [4.69, 9.17) is 17.3 Å². The first-order chi connectivity index (χ1) is 8.70. The fourth-order valence-electron chi connectivity index (χ4n) is 1.77. The van der Waals surface area contributed by atoms with E-state index in [1.54, 1.807) is 11.8 Å². The number of hydrogen-bond acceptors (Lipinski definition) is 2. The number of nitrogens with two attached hydrogens (primary N) is 1. The van der Waals surface area contributed by atoms with Crippen LogP contribution in [0.1, 0.15) is 16.4 Å². The van der Waals surface area contributed by atoms with Gasteiger partial charge in [-0.05, 0) is 36.2 Å². The summed E-state index contributed by atoms with van der Waals surface area (Å²) in [7, 11) is 0. The molecule has 0 aliphatic heterocycles. The number of hydrogen-bond donors (Lipinski definition) is 1. The maximum absolute atomic E-state index is 5.91. The van der Waals surface area contributed by atoms with Gasteiger partial charge in [-0.25, -0.2) is 0 Å². The second kappa shape index (κ2) is 6.28. The summed E-state index contributed by atoms with van der Waals surface area (Å²) < 4.78 is 0. The van der Waals surface area contributed by atoms with Crippen LogP contribution in [0.3, 0.4) is 0 Å². The van der Waals surface area contributed by atoms with Gasteiger partial charge in [0.2, 0.25) is 0 Å². The third-order valence-electron chi connectivity index (χ3n) is 2.82. The molecule has 2 N–H and O–H groups in total. The smallest absolute Gasteiger partial charge is 0.0466 e. The number of benzene rings is 2. The standard InChI is InChI=1S/C15H16ClNS/c1-11-4-2-3-5-14(11)18-15(10-17)12-6-8-13(16)9-7-12/h2-9,15H,10,17H2,1H3. The lowest BCUT2D eigenvalue weighted by Crippen LogP contribution is -2.09. The molecule has 1 atom stereocenters. The highest BCUT2D eigenvalue weighted by Gasteiger charge is 2.12. The molecule has 2 aromatic carbocycles. The molecule has 0 spiro atoms. The average Bonchev–Trinajstić information content (AvgIpc) is 2.39. The second-order valence-electron chi connectivity index (χ2n) is 4.16. The monoisotopic (exact) mass is 277 g/mol. The first kappa shape index (κ1) is 13.5. The minimum absolute atomic E-state index is 0.267. The van der Waals surface area contributed by atoms with Crippen LogP contribution in [-0.2, 0) is 0 Å². The molecule has 1 unspecified atom stereocenters. The number of thioether (sulfide) groups is 1. The summed E-state index contributed by atoms with van der Waals surface area (Å²) in [5.74, 6) is 0. The molecule has 2 aromatic rings. The Bertz CT molecular complexity index is 510. The summed E-state index contributed by atoms with van der Waals surface area (Å²) in [4.78, 5) is 1.28. The first-order valence-electron chi connectivity index (χ1n) is 5.88. The Hall–Kier alpha value is -0.960. The molecule has 0 aliphatic rings. The van der Waals surface area contributed by atoms with E-state index < -0.39 is 0 Å². The highest BCUT2D eigenvalue weighted by atomic mass is 35.5. The van der Waals surface area contributed by atoms with Crippen molar-refractivity contribution in [3.05, 3.63) is 64.7 Å². The van der Waals surface area contributed by atoms with Gasteiger partial charge in [-0.15, -0.1) is 11.8 Å². The minimum atomic E-state index is 0.267. The summed E-state index contributed by atoms with van der Waals surface area (Å²) in [6, 6.07) is 16.3. The van der Waals surface area contributed by atoms with Crippen LogP contribution in [0.25, 0.3) is 0 Å². The topological polar surface area (TPSA) is 26.0 Å². The van der Waals surface area contributed by atoms with Crippen LogP contribution in [-0.4, -0.2) is 6.54 Å². The minimum Gasteiger partial charge on any atom is -0.329 e. The molecule has 1 nitrogen and oxygen atoms in total. The van der Waals surface area contributed by atoms with E-state index in [1.807, 2.05) is 24.3 Å². The van der Waals surface area contributed by atoms with E-state index in [0.717, 1.165) is 5.02 Å². The molecule has 94 valence electrons. The summed E-state index contributed by atoms with van der Waals surface area (Å²) in [5.41, 5.74) is 8.39. The van der Waals surface area contributed by atoms with Crippen molar-refractivity contribution in [3.8, 4) is 0 Å². The van der Waals surface area contributed by atoms with Crippen LogP contribution in [0.2, 0.25) is 5.02 Å². The number of aryl methyl sites for hydroxylation is 1. The maximum atomic E-state index is 5.91. The van der Waals surface area contributed by atoms with Gasteiger partial charge in [0, 0.05) is 21.7 Å². The van der Waals surface area contributed by atoms with Crippen LogP contribution in [0.15, 0.2) is 53.4 Å². The first-order valence-corrected chi connectivity index (χ1v) is 7.14. The normalized spacial score (nSPS) is 12.4. The molecular weight excluding hydrogens is 262 g/mol. The van der Waals surface area contributed by atoms with Crippen molar-refractivity contribution in [2.24, 2.45) is 5.73 Å². The third kappa shape index (κ3) is 3.29. The Morgan fingerprint density at radius 1 is 1.11 bits per heavy atom. The van der Waals surface area contributed by atoms with E-state index in [2.05, 4.69) is 31.2 Å². The van der Waals surface area contributed by atoms with Gasteiger partial charge >= 0.3 is 0 Å². The Balaban J connectivity index is 2.20. The average molecular weight is 278 g/mol. The molecule has 0 saturated carbocycles. The fourth-order valence-corrected chi connectivity index (χ4v) is 3.00. The van der Waals surface area contributed by atoms with E-state index in [1.165, 1.54) is 16.0 Å². The predicted molar refractivity (Wildman–Crippen MR) is 80.3 cm³/mol. The van der Waals surface area contributed by atoms with Crippen LogP contribution in [0.5, 0.6) is 0 Å². The van der Waals surface area contributed by atoms with Crippen molar-refractivity contribution in [2.75, 3.05) is 6.54 Å². The van der Waals surface area contributed by atoms with Gasteiger partial charge in [0.1, 0.15) is 0 Å². The third-order valence-corrected chi connectivity index (χ3v) is 4.53. The Kier molecular flexibility index (Phi) is 4.70. The zero-order chi connectivity index (χ0) is 13.0. The van der Waals surface area contributed by atoms with Gasteiger partial charge < -0.3 is 5.73 Å².